The smallest absolute Gasteiger partial charge is 0.239 e. The number of benzene rings is 1. The first-order valence-corrected chi connectivity index (χ1v) is 6.26. The number of hydrogen-bond acceptors (Lipinski definition) is 5. The van der Waals surface area contributed by atoms with Crippen LogP contribution in [0.5, 0.6) is 11.5 Å². The SMILES string of the molecule is CC(C#N)CN(C)C(=O)[C@@H](N)Cc1ccc(O)c(O)c1. The van der Waals surface area contributed by atoms with Crippen molar-refractivity contribution in [3.63, 3.8) is 0 Å². The number of nitriles is 1. The Bertz CT molecular complexity index is 525. The highest BCUT2D eigenvalue weighted by atomic mass is 16.3. The Labute approximate surface area is 118 Å². The molecule has 0 aromatic heterocycles. The van der Waals surface area contributed by atoms with E-state index in [0.29, 0.717) is 12.1 Å². The highest BCUT2D eigenvalue weighted by Gasteiger charge is 2.20. The van der Waals surface area contributed by atoms with Crippen molar-refractivity contribution in [2.45, 2.75) is 19.4 Å². The summed E-state index contributed by atoms with van der Waals surface area (Å²) >= 11 is 0. The van der Waals surface area contributed by atoms with E-state index in [0.717, 1.165) is 0 Å². The molecule has 0 aliphatic carbocycles. The van der Waals surface area contributed by atoms with E-state index >= 15 is 0 Å². The molecule has 1 aromatic carbocycles. The normalized spacial score (nSPS) is 13.3. The lowest BCUT2D eigenvalue weighted by atomic mass is 10.0. The van der Waals surface area contributed by atoms with E-state index in [2.05, 4.69) is 6.07 Å². The van der Waals surface area contributed by atoms with Gasteiger partial charge in [-0.1, -0.05) is 6.07 Å². The van der Waals surface area contributed by atoms with Gasteiger partial charge in [-0.25, -0.2) is 0 Å². The summed E-state index contributed by atoms with van der Waals surface area (Å²) in [7, 11) is 1.60. The number of likely N-dealkylation sites (N-methyl/N-ethyl adjacent to an activating group) is 1. The number of rotatable bonds is 5. The monoisotopic (exact) mass is 277 g/mol. The number of hydrogen-bond donors (Lipinski definition) is 3. The van der Waals surface area contributed by atoms with E-state index in [-0.39, 0.29) is 29.7 Å². The van der Waals surface area contributed by atoms with Crippen molar-refractivity contribution >= 4 is 5.91 Å². The second-order valence-electron chi connectivity index (χ2n) is 4.88. The van der Waals surface area contributed by atoms with E-state index in [1.54, 1.807) is 20.0 Å². The average Bonchev–Trinajstić information content (AvgIpc) is 2.41. The summed E-state index contributed by atoms with van der Waals surface area (Å²) in [4.78, 5) is 13.5. The number of aromatic hydroxyl groups is 2. The minimum atomic E-state index is -0.755. The predicted octanol–water partition coefficient (Wildman–Crippen LogP) is 0.586. The molecule has 108 valence electrons. The maximum Gasteiger partial charge on any atom is 0.239 e. The van der Waals surface area contributed by atoms with Crippen LogP contribution in [0.15, 0.2) is 18.2 Å². The lowest BCUT2D eigenvalue weighted by Crippen LogP contribution is -2.44. The van der Waals surface area contributed by atoms with Gasteiger partial charge in [-0.2, -0.15) is 5.26 Å². The molecule has 0 aliphatic heterocycles. The van der Waals surface area contributed by atoms with Crippen LogP contribution in [-0.2, 0) is 11.2 Å². The molecule has 0 spiro atoms. The zero-order valence-electron chi connectivity index (χ0n) is 11.6. The van der Waals surface area contributed by atoms with E-state index in [4.69, 9.17) is 11.0 Å². The molecular weight excluding hydrogens is 258 g/mol. The van der Waals surface area contributed by atoms with Crippen LogP contribution in [-0.4, -0.2) is 40.7 Å². The molecule has 0 bridgehead atoms. The first kappa shape index (κ1) is 15.8. The fourth-order valence-corrected chi connectivity index (χ4v) is 1.86. The third-order valence-electron chi connectivity index (χ3n) is 2.96. The topological polar surface area (TPSA) is 111 Å². The quantitative estimate of drug-likeness (QED) is 0.682. The molecule has 0 saturated carbocycles. The van der Waals surface area contributed by atoms with E-state index in [9.17, 15) is 15.0 Å². The molecule has 0 fully saturated rings. The maximum absolute atomic E-state index is 12.0. The van der Waals surface area contributed by atoms with Crippen LogP contribution in [0.2, 0.25) is 0 Å². The molecule has 1 unspecified atom stereocenters. The average molecular weight is 277 g/mol. The lowest BCUT2D eigenvalue weighted by Gasteiger charge is -2.22. The fraction of sp³-hybridized carbons (Fsp3) is 0.429. The second kappa shape index (κ2) is 6.78. The molecule has 1 amide bonds. The van der Waals surface area contributed by atoms with Crippen LogP contribution in [0.1, 0.15) is 12.5 Å². The van der Waals surface area contributed by atoms with E-state index in [1.807, 2.05) is 0 Å². The molecule has 4 N–H and O–H groups in total. The highest BCUT2D eigenvalue weighted by molar-refractivity contribution is 5.81. The first-order valence-electron chi connectivity index (χ1n) is 6.26. The Morgan fingerprint density at radius 1 is 1.45 bits per heavy atom. The Morgan fingerprint density at radius 2 is 2.10 bits per heavy atom. The molecule has 20 heavy (non-hydrogen) atoms. The van der Waals surface area contributed by atoms with Gasteiger partial charge >= 0.3 is 0 Å². The van der Waals surface area contributed by atoms with Crippen molar-refractivity contribution < 1.29 is 15.0 Å². The van der Waals surface area contributed by atoms with Crippen molar-refractivity contribution in [3.05, 3.63) is 23.8 Å². The number of phenolic OH excluding ortho intramolecular Hbond substituents is 2. The number of amides is 1. The second-order valence-corrected chi connectivity index (χ2v) is 4.88. The van der Waals surface area contributed by atoms with Gasteiger partial charge < -0.3 is 20.8 Å². The summed E-state index contributed by atoms with van der Waals surface area (Å²) in [5.74, 6) is -0.976. The summed E-state index contributed by atoms with van der Waals surface area (Å²) in [6.07, 6.45) is 0.248. The maximum atomic E-state index is 12.0. The molecule has 6 nitrogen and oxygen atoms in total. The fourth-order valence-electron chi connectivity index (χ4n) is 1.86. The van der Waals surface area contributed by atoms with Crippen LogP contribution in [0.25, 0.3) is 0 Å². The number of carbonyl (C=O) groups is 1. The lowest BCUT2D eigenvalue weighted by molar-refractivity contribution is -0.131. The van der Waals surface area contributed by atoms with Crippen molar-refractivity contribution in [3.8, 4) is 17.6 Å². The highest BCUT2D eigenvalue weighted by Crippen LogP contribution is 2.25. The van der Waals surface area contributed by atoms with Gasteiger partial charge in [0.05, 0.1) is 18.0 Å². The molecular formula is C14H19N3O3. The van der Waals surface area contributed by atoms with E-state index < -0.39 is 6.04 Å². The molecule has 0 heterocycles. The zero-order chi connectivity index (χ0) is 15.3. The number of nitrogens with zero attached hydrogens (tertiary/aromatic N) is 2. The Hall–Kier alpha value is -2.26. The van der Waals surface area contributed by atoms with Crippen LogP contribution in [0.4, 0.5) is 0 Å². The van der Waals surface area contributed by atoms with Crippen LogP contribution in [0, 0.1) is 17.2 Å². The zero-order valence-corrected chi connectivity index (χ0v) is 11.6. The van der Waals surface area contributed by atoms with Crippen LogP contribution >= 0.6 is 0 Å². The summed E-state index contributed by atoms with van der Waals surface area (Å²) in [6.45, 7) is 2.05. The van der Waals surface area contributed by atoms with Crippen molar-refractivity contribution in [1.29, 1.82) is 5.26 Å². The third kappa shape index (κ3) is 4.14. The largest absolute Gasteiger partial charge is 0.504 e. The third-order valence-corrected chi connectivity index (χ3v) is 2.96. The molecule has 0 aliphatic rings. The van der Waals surface area contributed by atoms with Gasteiger partial charge in [0.15, 0.2) is 11.5 Å². The van der Waals surface area contributed by atoms with Crippen LogP contribution in [0.3, 0.4) is 0 Å². The van der Waals surface area contributed by atoms with E-state index in [1.165, 1.54) is 17.0 Å². The molecule has 2 atom stereocenters. The molecule has 1 rings (SSSR count). The number of nitrogens with two attached hydrogens (primary N) is 1. The first-order chi connectivity index (χ1) is 9.35. The van der Waals surface area contributed by atoms with Gasteiger partial charge in [-0.15, -0.1) is 0 Å². The summed E-state index contributed by atoms with van der Waals surface area (Å²) < 4.78 is 0. The van der Waals surface area contributed by atoms with Crippen molar-refractivity contribution in [2.75, 3.05) is 13.6 Å². The van der Waals surface area contributed by atoms with Gasteiger partial charge in [0, 0.05) is 13.6 Å². The molecule has 6 heteroatoms. The Morgan fingerprint density at radius 3 is 2.65 bits per heavy atom. The van der Waals surface area contributed by atoms with Gasteiger partial charge in [0.1, 0.15) is 0 Å². The van der Waals surface area contributed by atoms with Crippen LogP contribution < -0.4 is 5.73 Å². The Kier molecular flexibility index (Phi) is 5.35. The minimum absolute atomic E-state index is 0.214. The summed E-state index contributed by atoms with van der Waals surface area (Å²) in [6, 6.07) is 5.63. The van der Waals surface area contributed by atoms with Crippen molar-refractivity contribution in [1.82, 2.24) is 4.90 Å². The summed E-state index contributed by atoms with van der Waals surface area (Å²) in [5.41, 5.74) is 6.49. The minimum Gasteiger partial charge on any atom is -0.504 e. The number of carbonyl (C=O) groups excluding carboxylic acids is 1. The summed E-state index contributed by atoms with van der Waals surface area (Å²) in [5, 5.41) is 27.3. The molecule has 1 aromatic rings. The Balaban J connectivity index is 2.65. The number of phenols is 2. The van der Waals surface area contributed by atoms with Gasteiger partial charge in [0.25, 0.3) is 0 Å². The van der Waals surface area contributed by atoms with Gasteiger partial charge in [-0.05, 0) is 31.0 Å². The predicted molar refractivity (Wildman–Crippen MR) is 73.9 cm³/mol. The molecule has 0 saturated heterocycles. The van der Waals surface area contributed by atoms with Gasteiger partial charge in [-0.3, -0.25) is 4.79 Å². The molecule has 0 radical (unpaired) electrons. The van der Waals surface area contributed by atoms with Gasteiger partial charge in [0.2, 0.25) is 5.91 Å². The van der Waals surface area contributed by atoms with Crippen molar-refractivity contribution in [2.24, 2.45) is 11.7 Å². The standard InChI is InChI=1S/C14H19N3O3/c1-9(7-15)8-17(2)14(20)11(16)5-10-3-4-12(18)13(19)6-10/h3-4,6,9,11,18-19H,5,8,16H2,1-2H3/t9?,11-/m0/s1.